The molecule has 0 aromatic heterocycles. The van der Waals surface area contributed by atoms with Gasteiger partial charge in [0, 0.05) is 12.6 Å². The molecule has 1 N–H and O–H groups in total. The van der Waals surface area contributed by atoms with Crippen LogP contribution in [-0.4, -0.2) is 43.8 Å². The first-order valence-corrected chi connectivity index (χ1v) is 14.5. The normalized spacial score (nSPS) is 14.6. The zero-order chi connectivity index (χ0) is 27.1. The molecular weight excluding hydrogens is 498 g/mol. The molecule has 1 saturated carbocycles. The molecule has 0 radical (unpaired) electrons. The summed E-state index contributed by atoms with van der Waals surface area (Å²) in [5, 5.41) is 3.09. The molecule has 200 valence electrons. The number of hydrogen-bond donors (Lipinski definition) is 1. The molecule has 8 heteroatoms. The Kier molecular flexibility index (Phi) is 8.84. The van der Waals surface area contributed by atoms with Crippen LogP contribution in [0, 0.1) is 6.92 Å². The highest BCUT2D eigenvalue weighted by Crippen LogP contribution is 2.24. The van der Waals surface area contributed by atoms with Gasteiger partial charge in [0.1, 0.15) is 12.6 Å². The number of amides is 2. The molecule has 3 aromatic carbocycles. The van der Waals surface area contributed by atoms with E-state index in [1.807, 2.05) is 31.2 Å². The van der Waals surface area contributed by atoms with Gasteiger partial charge in [-0.1, -0.05) is 79.1 Å². The standard InChI is InChI=1S/C30H35N3O4S/c1-23-12-11-13-25(20-23)21-32(24(2)30(35)31-26-14-9-10-15-26)29(34)22-33(27-16-5-3-6-17-27)38(36,37)28-18-7-4-8-19-28/h3-8,11-13,16-20,24,26H,9-10,14-15,21-22H2,1-2H3,(H,31,35)/t24-/m0/s1. The van der Waals surface area contributed by atoms with Crippen molar-refractivity contribution in [1.82, 2.24) is 10.2 Å². The Balaban J connectivity index is 1.66. The molecule has 1 atom stereocenters. The highest BCUT2D eigenvalue weighted by Gasteiger charge is 2.33. The lowest BCUT2D eigenvalue weighted by molar-refractivity contribution is -0.139. The Morgan fingerprint density at radius 2 is 1.55 bits per heavy atom. The zero-order valence-corrected chi connectivity index (χ0v) is 22.7. The average Bonchev–Trinajstić information content (AvgIpc) is 3.44. The summed E-state index contributed by atoms with van der Waals surface area (Å²) in [5.41, 5.74) is 2.29. The van der Waals surface area contributed by atoms with Crippen LogP contribution in [0.3, 0.4) is 0 Å². The van der Waals surface area contributed by atoms with E-state index in [1.54, 1.807) is 55.5 Å². The van der Waals surface area contributed by atoms with E-state index in [2.05, 4.69) is 5.32 Å². The summed E-state index contributed by atoms with van der Waals surface area (Å²) >= 11 is 0. The second kappa shape index (κ2) is 12.3. The highest BCUT2D eigenvalue weighted by atomic mass is 32.2. The Morgan fingerprint density at radius 3 is 2.18 bits per heavy atom. The summed E-state index contributed by atoms with van der Waals surface area (Å²) < 4.78 is 28.5. The molecule has 0 bridgehead atoms. The molecule has 0 aliphatic heterocycles. The number of nitrogens with zero attached hydrogens (tertiary/aromatic N) is 2. The highest BCUT2D eigenvalue weighted by molar-refractivity contribution is 7.92. The van der Waals surface area contributed by atoms with Crippen molar-refractivity contribution < 1.29 is 18.0 Å². The quantitative estimate of drug-likeness (QED) is 0.411. The maximum Gasteiger partial charge on any atom is 0.264 e. The first-order chi connectivity index (χ1) is 18.3. The van der Waals surface area contributed by atoms with Crippen LogP contribution in [0.5, 0.6) is 0 Å². The minimum Gasteiger partial charge on any atom is -0.352 e. The van der Waals surface area contributed by atoms with Crippen molar-refractivity contribution in [2.45, 2.75) is 63.1 Å². The van der Waals surface area contributed by atoms with E-state index in [0.717, 1.165) is 41.1 Å². The van der Waals surface area contributed by atoms with Gasteiger partial charge in [0.15, 0.2) is 0 Å². The van der Waals surface area contributed by atoms with E-state index < -0.39 is 28.5 Å². The number of nitrogens with one attached hydrogen (secondary N) is 1. The van der Waals surface area contributed by atoms with Crippen LogP contribution in [0.4, 0.5) is 5.69 Å². The molecule has 0 unspecified atom stereocenters. The summed E-state index contributed by atoms with van der Waals surface area (Å²) in [6.07, 6.45) is 4.02. The number of para-hydroxylation sites is 1. The first-order valence-electron chi connectivity index (χ1n) is 13.0. The van der Waals surface area contributed by atoms with Crippen molar-refractivity contribution in [2.75, 3.05) is 10.8 Å². The monoisotopic (exact) mass is 533 g/mol. The van der Waals surface area contributed by atoms with Gasteiger partial charge in [-0.3, -0.25) is 13.9 Å². The minimum absolute atomic E-state index is 0.0916. The van der Waals surface area contributed by atoms with Crippen LogP contribution in [-0.2, 0) is 26.2 Å². The van der Waals surface area contributed by atoms with Crippen molar-refractivity contribution in [1.29, 1.82) is 0 Å². The number of carbonyl (C=O) groups is 2. The molecule has 0 heterocycles. The van der Waals surface area contributed by atoms with Crippen molar-refractivity contribution in [3.8, 4) is 0 Å². The van der Waals surface area contributed by atoms with Gasteiger partial charge in [-0.25, -0.2) is 8.42 Å². The lowest BCUT2D eigenvalue weighted by Crippen LogP contribution is -2.52. The fourth-order valence-electron chi connectivity index (χ4n) is 4.82. The second-order valence-corrected chi connectivity index (χ2v) is 11.7. The van der Waals surface area contributed by atoms with Crippen molar-refractivity contribution in [3.05, 3.63) is 96.1 Å². The second-order valence-electron chi connectivity index (χ2n) is 9.84. The Bertz CT molecular complexity index is 1340. The van der Waals surface area contributed by atoms with Crippen molar-refractivity contribution in [3.63, 3.8) is 0 Å². The summed E-state index contributed by atoms with van der Waals surface area (Å²) in [6, 6.07) is 23.7. The fraction of sp³-hybridized carbons (Fsp3) is 0.333. The van der Waals surface area contributed by atoms with E-state index >= 15 is 0 Å². The van der Waals surface area contributed by atoms with E-state index in [9.17, 15) is 18.0 Å². The molecule has 0 spiro atoms. The number of carbonyl (C=O) groups excluding carboxylic acids is 2. The Hall–Kier alpha value is -3.65. The van der Waals surface area contributed by atoms with Crippen LogP contribution in [0.15, 0.2) is 89.8 Å². The SMILES string of the molecule is Cc1cccc(CN(C(=O)CN(c2ccccc2)S(=O)(=O)c2ccccc2)[C@@H](C)C(=O)NC2CCCC2)c1. The average molecular weight is 534 g/mol. The van der Waals surface area contributed by atoms with Gasteiger partial charge < -0.3 is 10.2 Å². The third kappa shape index (κ3) is 6.61. The molecule has 2 amide bonds. The van der Waals surface area contributed by atoms with Gasteiger partial charge in [-0.15, -0.1) is 0 Å². The first kappa shape index (κ1) is 27.4. The molecule has 0 saturated heterocycles. The van der Waals surface area contributed by atoms with Crippen LogP contribution < -0.4 is 9.62 Å². The lowest BCUT2D eigenvalue weighted by Gasteiger charge is -2.32. The topological polar surface area (TPSA) is 86.8 Å². The van der Waals surface area contributed by atoms with Crippen molar-refractivity contribution in [2.24, 2.45) is 0 Å². The molecule has 3 aromatic rings. The summed E-state index contributed by atoms with van der Waals surface area (Å²) in [5.74, 6) is -0.681. The Morgan fingerprint density at radius 1 is 0.921 bits per heavy atom. The van der Waals surface area contributed by atoms with E-state index in [0.29, 0.717) is 5.69 Å². The molecular formula is C30H35N3O4S. The predicted octanol–water partition coefficient (Wildman–Crippen LogP) is 4.67. The summed E-state index contributed by atoms with van der Waals surface area (Å²) in [7, 11) is -4.04. The summed E-state index contributed by atoms with van der Waals surface area (Å²) in [4.78, 5) is 28.7. The molecule has 4 rings (SSSR count). The number of hydrogen-bond acceptors (Lipinski definition) is 4. The van der Waals surface area contributed by atoms with E-state index in [1.165, 1.54) is 17.0 Å². The third-order valence-corrected chi connectivity index (χ3v) is 8.75. The van der Waals surface area contributed by atoms with Gasteiger partial charge in [-0.05, 0) is 56.5 Å². The number of rotatable bonds is 10. The molecule has 1 aliphatic rings. The number of aryl methyl sites for hydroxylation is 1. The molecule has 38 heavy (non-hydrogen) atoms. The third-order valence-electron chi connectivity index (χ3n) is 6.96. The number of sulfonamides is 1. The van der Waals surface area contributed by atoms with Crippen LogP contribution in [0.25, 0.3) is 0 Å². The van der Waals surface area contributed by atoms with E-state index in [-0.39, 0.29) is 23.4 Å². The maximum atomic E-state index is 13.9. The maximum absolute atomic E-state index is 13.9. The van der Waals surface area contributed by atoms with Gasteiger partial charge in [0.25, 0.3) is 10.0 Å². The van der Waals surface area contributed by atoms with Crippen LogP contribution in [0.1, 0.15) is 43.7 Å². The van der Waals surface area contributed by atoms with Gasteiger partial charge in [-0.2, -0.15) is 0 Å². The lowest BCUT2D eigenvalue weighted by atomic mass is 10.1. The molecule has 7 nitrogen and oxygen atoms in total. The molecule has 1 fully saturated rings. The smallest absolute Gasteiger partial charge is 0.264 e. The Labute approximate surface area is 225 Å². The van der Waals surface area contributed by atoms with Gasteiger partial charge >= 0.3 is 0 Å². The minimum atomic E-state index is -4.04. The number of anilines is 1. The number of benzene rings is 3. The predicted molar refractivity (Wildman–Crippen MR) is 149 cm³/mol. The van der Waals surface area contributed by atoms with Gasteiger partial charge in [0.05, 0.1) is 10.6 Å². The van der Waals surface area contributed by atoms with E-state index in [4.69, 9.17) is 0 Å². The zero-order valence-electron chi connectivity index (χ0n) is 21.9. The van der Waals surface area contributed by atoms with Crippen LogP contribution >= 0.6 is 0 Å². The van der Waals surface area contributed by atoms with Crippen LogP contribution in [0.2, 0.25) is 0 Å². The molecule has 1 aliphatic carbocycles. The largest absolute Gasteiger partial charge is 0.352 e. The summed E-state index contributed by atoms with van der Waals surface area (Å²) in [6.45, 7) is 3.42. The fourth-order valence-corrected chi connectivity index (χ4v) is 6.26. The van der Waals surface area contributed by atoms with Crippen molar-refractivity contribution >= 4 is 27.5 Å². The van der Waals surface area contributed by atoms with Gasteiger partial charge in [0.2, 0.25) is 11.8 Å².